The molecule has 3 heterocycles. The number of aromatic nitrogens is 1. The third-order valence-electron chi connectivity index (χ3n) is 8.22. The zero-order valence-electron chi connectivity index (χ0n) is 24.1. The van der Waals surface area contributed by atoms with Crippen molar-refractivity contribution in [2.75, 3.05) is 26.7 Å². The summed E-state index contributed by atoms with van der Waals surface area (Å²) in [4.78, 5) is 40.6. The van der Waals surface area contributed by atoms with Crippen LogP contribution in [0.25, 0.3) is 0 Å². The first-order valence-corrected chi connectivity index (χ1v) is 16.4. The number of aryl methyl sites for hydroxylation is 2. The largest absolute Gasteiger partial charge is 0.467 e. The minimum atomic E-state index is -4.08. The van der Waals surface area contributed by atoms with Crippen LogP contribution in [0.4, 0.5) is 0 Å². The van der Waals surface area contributed by atoms with Crippen LogP contribution in [0.15, 0.2) is 35.2 Å². The van der Waals surface area contributed by atoms with E-state index in [1.165, 1.54) is 36.7 Å². The van der Waals surface area contributed by atoms with Gasteiger partial charge in [-0.05, 0) is 82.2 Å². The molecule has 4 rings (SSSR count). The molecule has 2 aliphatic rings. The predicted octanol–water partition coefficient (Wildman–Crippen LogP) is 3.94. The highest BCUT2D eigenvalue weighted by Crippen LogP contribution is 2.30. The molecule has 2 aliphatic heterocycles. The topological polar surface area (TPSA) is 118 Å². The molecule has 1 aromatic heterocycles. The summed E-state index contributed by atoms with van der Waals surface area (Å²) in [5.74, 6) is -0.924. The highest BCUT2D eigenvalue weighted by molar-refractivity contribution is 7.89. The number of esters is 1. The predicted molar refractivity (Wildman–Crippen MR) is 160 cm³/mol. The number of amides is 2. The number of rotatable bonds is 10. The summed E-state index contributed by atoms with van der Waals surface area (Å²) in [6, 6.07) is 6.10. The van der Waals surface area contributed by atoms with Crippen LogP contribution >= 0.6 is 23.2 Å². The number of nitrogens with one attached hydrogen (secondary N) is 1. The van der Waals surface area contributed by atoms with Gasteiger partial charge in [-0.15, -0.1) is 0 Å². The number of ether oxygens (including phenoxy) is 1. The van der Waals surface area contributed by atoms with Gasteiger partial charge in [-0.3, -0.25) is 9.59 Å². The highest BCUT2D eigenvalue weighted by atomic mass is 35.5. The van der Waals surface area contributed by atoms with E-state index in [1.54, 1.807) is 0 Å². The molecule has 0 unspecified atom stereocenters. The number of benzene rings is 1. The van der Waals surface area contributed by atoms with Crippen molar-refractivity contribution in [2.24, 2.45) is 5.92 Å². The molecule has 42 heavy (non-hydrogen) atoms. The summed E-state index contributed by atoms with van der Waals surface area (Å²) < 4.78 is 35.0. The molecule has 0 aliphatic carbocycles. The number of methoxy groups -OCH3 is 1. The van der Waals surface area contributed by atoms with Crippen LogP contribution < -0.4 is 5.32 Å². The Balaban J connectivity index is 1.34. The third kappa shape index (κ3) is 7.48. The molecular formula is C29H38Cl2N4O6S. The summed E-state index contributed by atoms with van der Waals surface area (Å²) in [5, 5.41) is 2.96. The van der Waals surface area contributed by atoms with Crippen LogP contribution in [0, 0.1) is 19.8 Å². The molecule has 2 atom stereocenters. The van der Waals surface area contributed by atoms with Gasteiger partial charge in [-0.2, -0.15) is 4.31 Å². The Kier molecular flexibility index (Phi) is 10.6. The molecule has 2 fully saturated rings. The molecule has 1 aromatic carbocycles. The quantitative estimate of drug-likeness (QED) is 0.393. The van der Waals surface area contributed by atoms with Gasteiger partial charge in [0, 0.05) is 54.0 Å². The molecule has 1 N–H and O–H groups in total. The standard InChI is InChI=1S/C29H38Cl2N4O6S/c1-19-6-7-20(2)34(19)18-21-10-13-33(14-11-21)27(36)9-8-25(29(38)41-3)32-28(37)26-5-4-12-35(26)42(39,40)24-16-22(30)15-23(31)17-24/h6-7,15-17,21,25-26H,4-5,8-14,18H2,1-3H3,(H,32,37)/t25-,26-/m0/s1. The second-order valence-corrected chi connectivity index (χ2v) is 13.8. The Hall–Kier alpha value is -2.60. The van der Waals surface area contributed by atoms with E-state index in [9.17, 15) is 22.8 Å². The molecule has 2 amide bonds. The second kappa shape index (κ2) is 13.8. The average molecular weight is 642 g/mol. The number of likely N-dealkylation sites (tertiary alicyclic amines) is 1. The van der Waals surface area contributed by atoms with E-state index in [-0.39, 0.29) is 46.7 Å². The summed E-state index contributed by atoms with van der Waals surface area (Å²) >= 11 is 12.0. The van der Waals surface area contributed by atoms with Gasteiger partial charge in [-0.25, -0.2) is 13.2 Å². The van der Waals surface area contributed by atoms with Crippen LogP contribution in [0.2, 0.25) is 10.0 Å². The second-order valence-electron chi connectivity index (χ2n) is 11.1. The van der Waals surface area contributed by atoms with Gasteiger partial charge in [0.1, 0.15) is 12.1 Å². The summed E-state index contributed by atoms with van der Waals surface area (Å²) in [5.41, 5.74) is 2.46. The molecular weight excluding hydrogens is 603 g/mol. The van der Waals surface area contributed by atoms with E-state index in [4.69, 9.17) is 27.9 Å². The van der Waals surface area contributed by atoms with E-state index < -0.39 is 34.0 Å². The first kappa shape index (κ1) is 32.3. The average Bonchev–Trinajstić information content (AvgIpc) is 3.58. The fraction of sp³-hybridized carbons (Fsp3) is 0.552. The number of hydrogen-bond donors (Lipinski definition) is 1. The summed E-state index contributed by atoms with van der Waals surface area (Å²) in [7, 11) is -2.87. The van der Waals surface area contributed by atoms with Crippen molar-refractivity contribution in [2.45, 2.75) is 75.9 Å². The fourth-order valence-corrected chi connectivity index (χ4v) is 8.18. The van der Waals surface area contributed by atoms with E-state index >= 15 is 0 Å². The van der Waals surface area contributed by atoms with Crippen LogP contribution in [0.1, 0.15) is 49.9 Å². The number of carbonyl (C=O) groups is 3. The first-order valence-electron chi connectivity index (χ1n) is 14.2. The number of hydrogen-bond acceptors (Lipinski definition) is 6. The van der Waals surface area contributed by atoms with Gasteiger partial charge in [0.15, 0.2) is 0 Å². The van der Waals surface area contributed by atoms with Gasteiger partial charge < -0.3 is 19.5 Å². The van der Waals surface area contributed by atoms with Crippen molar-refractivity contribution in [3.8, 4) is 0 Å². The number of carbonyl (C=O) groups excluding carboxylic acids is 3. The molecule has 0 spiro atoms. The number of piperidine rings is 1. The zero-order chi connectivity index (χ0) is 30.6. The molecule has 2 saturated heterocycles. The zero-order valence-corrected chi connectivity index (χ0v) is 26.5. The molecule has 0 saturated carbocycles. The van der Waals surface area contributed by atoms with Crippen molar-refractivity contribution in [3.05, 3.63) is 51.8 Å². The first-order chi connectivity index (χ1) is 19.9. The van der Waals surface area contributed by atoms with Crippen LogP contribution in [0.5, 0.6) is 0 Å². The number of nitrogens with zero attached hydrogens (tertiary/aromatic N) is 3. The number of halogens is 2. The lowest BCUT2D eigenvalue weighted by molar-refractivity contribution is -0.146. The van der Waals surface area contributed by atoms with Crippen LogP contribution in [-0.2, 0) is 35.7 Å². The Morgan fingerprint density at radius 3 is 2.21 bits per heavy atom. The Bertz CT molecular complexity index is 1380. The maximum Gasteiger partial charge on any atom is 0.328 e. The highest BCUT2D eigenvalue weighted by Gasteiger charge is 2.41. The molecule has 10 nitrogen and oxygen atoms in total. The monoisotopic (exact) mass is 640 g/mol. The van der Waals surface area contributed by atoms with E-state index in [0.717, 1.165) is 23.7 Å². The Morgan fingerprint density at radius 2 is 1.62 bits per heavy atom. The van der Waals surface area contributed by atoms with Gasteiger partial charge in [0.2, 0.25) is 21.8 Å². The lowest BCUT2D eigenvalue weighted by atomic mass is 9.96. The van der Waals surface area contributed by atoms with E-state index in [1.807, 2.05) is 4.90 Å². The van der Waals surface area contributed by atoms with Gasteiger partial charge in [0.25, 0.3) is 0 Å². The molecule has 0 radical (unpaired) electrons. The van der Waals surface area contributed by atoms with Crippen molar-refractivity contribution in [1.29, 1.82) is 0 Å². The fourth-order valence-electron chi connectivity index (χ4n) is 5.80. The number of sulfonamides is 1. The minimum absolute atomic E-state index is 0.0440. The van der Waals surface area contributed by atoms with E-state index in [2.05, 4.69) is 35.9 Å². The van der Waals surface area contributed by atoms with Crippen molar-refractivity contribution < 1.29 is 27.5 Å². The summed E-state index contributed by atoms with van der Waals surface area (Å²) in [6.45, 7) is 6.54. The Labute approximate surface area is 257 Å². The molecule has 13 heteroatoms. The lowest BCUT2D eigenvalue weighted by Crippen LogP contribution is -2.51. The van der Waals surface area contributed by atoms with Crippen LogP contribution in [-0.4, -0.2) is 78.8 Å². The summed E-state index contributed by atoms with van der Waals surface area (Å²) in [6.07, 6.45) is 2.62. The third-order valence-corrected chi connectivity index (χ3v) is 10.5. The maximum atomic E-state index is 13.3. The van der Waals surface area contributed by atoms with E-state index in [0.29, 0.717) is 25.4 Å². The van der Waals surface area contributed by atoms with Crippen molar-refractivity contribution in [1.82, 2.24) is 19.1 Å². The van der Waals surface area contributed by atoms with Crippen molar-refractivity contribution >= 4 is 51.0 Å². The molecule has 230 valence electrons. The SMILES string of the molecule is COC(=O)[C@H](CCC(=O)N1CCC(Cn2c(C)ccc2C)CC1)NC(=O)[C@@H]1CCCN1S(=O)(=O)c1cc(Cl)cc(Cl)c1. The van der Waals surface area contributed by atoms with Gasteiger partial charge in [-0.1, -0.05) is 23.2 Å². The minimum Gasteiger partial charge on any atom is -0.467 e. The molecule has 2 aromatic rings. The van der Waals surface area contributed by atoms with Gasteiger partial charge in [0.05, 0.1) is 12.0 Å². The Morgan fingerprint density at radius 1 is 1.00 bits per heavy atom. The smallest absolute Gasteiger partial charge is 0.328 e. The van der Waals surface area contributed by atoms with Crippen LogP contribution in [0.3, 0.4) is 0 Å². The normalized spacial score (nSPS) is 19.1. The maximum absolute atomic E-state index is 13.3. The lowest BCUT2D eigenvalue weighted by Gasteiger charge is -2.33. The molecule has 0 bridgehead atoms. The van der Waals surface area contributed by atoms with Gasteiger partial charge >= 0.3 is 5.97 Å². The van der Waals surface area contributed by atoms with Crippen molar-refractivity contribution in [3.63, 3.8) is 0 Å².